The number of hydrogen-bond donors (Lipinski definition) is 0. The molecule has 2 heterocycles. The number of pyridine rings is 1. The summed E-state index contributed by atoms with van der Waals surface area (Å²) in [4.78, 5) is 6.69. The van der Waals surface area contributed by atoms with Crippen LogP contribution in [0.2, 0.25) is 5.02 Å². The molecule has 4 heteroatoms. The summed E-state index contributed by atoms with van der Waals surface area (Å²) < 4.78 is 0.935. The number of rotatable bonds is 2. The molecular formula is C12H16BrClN2. The fourth-order valence-electron chi connectivity index (χ4n) is 2.19. The average molecular weight is 304 g/mol. The van der Waals surface area contributed by atoms with Crippen LogP contribution in [0, 0.1) is 5.92 Å². The first kappa shape index (κ1) is 12.2. The maximum atomic E-state index is 6.20. The molecule has 88 valence electrons. The van der Waals surface area contributed by atoms with Crippen molar-refractivity contribution in [1.82, 2.24) is 4.98 Å². The van der Waals surface area contributed by atoms with E-state index < -0.39 is 0 Å². The van der Waals surface area contributed by atoms with Crippen molar-refractivity contribution in [2.24, 2.45) is 5.92 Å². The van der Waals surface area contributed by atoms with Gasteiger partial charge in [-0.15, -0.1) is 0 Å². The first-order valence-corrected chi connectivity index (χ1v) is 6.93. The Morgan fingerprint density at radius 2 is 2.19 bits per heavy atom. The number of anilines is 1. The average Bonchev–Trinajstić information content (AvgIpc) is 2.29. The first-order valence-electron chi connectivity index (χ1n) is 5.76. The maximum absolute atomic E-state index is 6.20. The smallest absolute Gasteiger partial charge is 0.147 e. The zero-order valence-electron chi connectivity index (χ0n) is 9.42. The monoisotopic (exact) mass is 302 g/mol. The van der Waals surface area contributed by atoms with Gasteiger partial charge in [0, 0.05) is 23.8 Å². The van der Waals surface area contributed by atoms with Crippen molar-refractivity contribution in [3.8, 4) is 0 Å². The van der Waals surface area contributed by atoms with Crippen molar-refractivity contribution in [2.45, 2.75) is 26.2 Å². The van der Waals surface area contributed by atoms with E-state index >= 15 is 0 Å². The molecule has 1 aliphatic heterocycles. The molecule has 0 aliphatic carbocycles. The van der Waals surface area contributed by atoms with Gasteiger partial charge in [0.25, 0.3) is 0 Å². The van der Waals surface area contributed by atoms with Gasteiger partial charge in [0.05, 0.1) is 5.02 Å². The largest absolute Gasteiger partial charge is 0.355 e. The number of aromatic nitrogens is 1. The van der Waals surface area contributed by atoms with E-state index in [-0.39, 0.29) is 0 Å². The molecule has 0 unspecified atom stereocenters. The zero-order chi connectivity index (χ0) is 11.5. The summed E-state index contributed by atoms with van der Waals surface area (Å²) in [5.41, 5.74) is 0. The topological polar surface area (TPSA) is 16.1 Å². The van der Waals surface area contributed by atoms with Crippen molar-refractivity contribution in [3.63, 3.8) is 0 Å². The van der Waals surface area contributed by atoms with Crippen LogP contribution in [0.5, 0.6) is 0 Å². The Hall–Kier alpha value is -0.280. The molecule has 0 atom stereocenters. The summed E-state index contributed by atoms with van der Waals surface area (Å²) >= 11 is 9.57. The molecule has 1 fully saturated rings. The lowest BCUT2D eigenvalue weighted by Crippen LogP contribution is -2.34. The van der Waals surface area contributed by atoms with Crippen LogP contribution in [-0.2, 0) is 0 Å². The molecule has 0 aromatic carbocycles. The number of nitrogens with zero attached hydrogens (tertiary/aromatic N) is 2. The van der Waals surface area contributed by atoms with Crippen LogP contribution in [0.3, 0.4) is 0 Å². The quantitative estimate of drug-likeness (QED) is 0.817. The van der Waals surface area contributed by atoms with E-state index in [0.717, 1.165) is 34.3 Å². The summed E-state index contributed by atoms with van der Waals surface area (Å²) in [6.45, 7) is 4.42. The minimum atomic E-state index is 0.740. The Morgan fingerprint density at radius 1 is 1.50 bits per heavy atom. The molecule has 16 heavy (non-hydrogen) atoms. The van der Waals surface area contributed by atoms with Crippen LogP contribution >= 0.6 is 27.5 Å². The molecule has 0 N–H and O–H groups in total. The highest BCUT2D eigenvalue weighted by Gasteiger charge is 2.20. The zero-order valence-corrected chi connectivity index (χ0v) is 11.8. The standard InChI is InChI=1S/C12H16BrClN2/c1-2-9-3-5-16(6-4-9)12-11(14)7-10(13)8-15-12/h7-9H,2-6H2,1H3. The molecule has 0 bridgehead atoms. The third-order valence-corrected chi connectivity index (χ3v) is 3.99. The lowest BCUT2D eigenvalue weighted by molar-refractivity contribution is 0.394. The van der Waals surface area contributed by atoms with Crippen molar-refractivity contribution in [2.75, 3.05) is 18.0 Å². The molecule has 1 aliphatic rings. The highest BCUT2D eigenvalue weighted by atomic mass is 79.9. The SMILES string of the molecule is CCC1CCN(c2ncc(Br)cc2Cl)CC1. The summed E-state index contributed by atoms with van der Waals surface area (Å²) in [6, 6.07) is 1.91. The Balaban J connectivity index is 2.08. The van der Waals surface area contributed by atoms with E-state index in [9.17, 15) is 0 Å². The Bertz CT molecular complexity index is 362. The molecule has 1 aromatic heterocycles. The molecular weight excluding hydrogens is 288 g/mol. The molecule has 0 saturated carbocycles. The molecule has 2 nitrogen and oxygen atoms in total. The third kappa shape index (κ3) is 2.69. The minimum Gasteiger partial charge on any atom is -0.355 e. The summed E-state index contributed by atoms with van der Waals surface area (Å²) in [6.07, 6.45) is 5.61. The van der Waals surface area contributed by atoms with Gasteiger partial charge in [0.15, 0.2) is 0 Å². The summed E-state index contributed by atoms with van der Waals surface area (Å²) in [7, 11) is 0. The summed E-state index contributed by atoms with van der Waals surface area (Å²) in [5, 5.41) is 0.740. The highest BCUT2D eigenvalue weighted by molar-refractivity contribution is 9.10. The Morgan fingerprint density at radius 3 is 2.75 bits per heavy atom. The second-order valence-corrected chi connectivity index (χ2v) is 5.62. The number of halogens is 2. The number of piperidine rings is 1. The van der Waals surface area contributed by atoms with Gasteiger partial charge in [-0.1, -0.05) is 24.9 Å². The highest BCUT2D eigenvalue weighted by Crippen LogP contribution is 2.30. The van der Waals surface area contributed by atoms with Gasteiger partial charge in [-0.2, -0.15) is 0 Å². The summed E-state index contributed by atoms with van der Waals surface area (Å²) in [5.74, 6) is 1.81. The van der Waals surface area contributed by atoms with Gasteiger partial charge < -0.3 is 4.90 Å². The Labute approximate surface area is 110 Å². The van der Waals surface area contributed by atoms with Crippen LogP contribution in [0.1, 0.15) is 26.2 Å². The van der Waals surface area contributed by atoms with E-state index in [1.165, 1.54) is 19.3 Å². The van der Waals surface area contributed by atoms with Crippen molar-refractivity contribution >= 4 is 33.3 Å². The van der Waals surface area contributed by atoms with Crippen LogP contribution in [0.15, 0.2) is 16.7 Å². The van der Waals surface area contributed by atoms with Crippen molar-refractivity contribution < 1.29 is 0 Å². The van der Waals surface area contributed by atoms with Gasteiger partial charge in [-0.05, 0) is 40.8 Å². The van der Waals surface area contributed by atoms with Crippen LogP contribution in [-0.4, -0.2) is 18.1 Å². The maximum Gasteiger partial charge on any atom is 0.147 e. The molecule has 0 amide bonds. The predicted molar refractivity (Wildman–Crippen MR) is 72.2 cm³/mol. The molecule has 1 aromatic rings. The van der Waals surface area contributed by atoms with Gasteiger partial charge >= 0.3 is 0 Å². The van der Waals surface area contributed by atoms with Gasteiger partial charge in [-0.25, -0.2) is 4.98 Å². The molecule has 1 saturated heterocycles. The lowest BCUT2D eigenvalue weighted by Gasteiger charge is -2.32. The fourth-order valence-corrected chi connectivity index (χ4v) is 2.94. The normalized spacial score (nSPS) is 17.8. The van der Waals surface area contributed by atoms with E-state index in [4.69, 9.17) is 11.6 Å². The van der Waals surface area contributed by atoms with E-state index in [0.29, 0.717) is 0 Å². The lowest BCUT2D eigenvalue weighted by atomic mass is 9.94. The van der Waals surface area contributed by atoms with Gasteiger partial charge in [0.1, 0.15) is 5.82 Å². The van der Waals surface area contributed by atoms with Crippen LogP contribution in [0.25, 0.3) is 0 Å². The fraction of sp³-hybridized carbons (Fsp3) is 0.583. The van der Waals surface area contributed by atoms with E-state index in [1.54, 1.807) is 0 Å². The van der Waals surface area contributed by atoms with Crippen LogP contribution < -0.4 is 4.90 Å². The van der Waals surface area contributed by atoms with Gasteiger partial charge in [0.2, 0.25) is 0 Å². The first-order chi connectivity index (χ1) is 7.70. The van der Waals surface area contributed by atoms with E-state index in [1.807, 2.05) is 12.3 Å². The predicted octanol–water partition coefficient (Wildman–Crippen LogP) is 4.12. The number of hydrogen-bond acceptors (Lipinski definition) is 2. The van der Waals surface area contributed by atoms with Crippen molar-refractivity contribution in [3.05, 3.63) is 21.8 Å². The molecule has 0 radical (unpaired) electrons. The second kappa shape index (κ2) is 5.37. The van der Waals surface area contributed by atoms with Crippen LogP contribution in [0.4, 0.5) is 5.82 Å². The molecule has 0 spiro atoms. The van der Waals surface area contributed by atoms with Crippen molar-refractivity contribution in [1.29, 1.82) is 0 Å². The Kier molecular flexibility index (Phi) is 4.09. The third-order valence-electron chi connectivity index (χ3n) is 3.28. The molecule has 2 rings (SSSR count). The second-order valence-electron chi connectivity index (χ2n) is 4.30. The van der Waals surface area contributed by atoms with Gasteiger partial charge in [-0.3, -0.25) is 0 Å². The van der Waals surface area contributed by atoms with E-state index in [2.05, 4.69) is 32.7 Å². The minimum absolute atomic E-state index is 0.740.